The standard InChI is InChI=1S/C12H15BrClNO/c1-2-11(8-13)15-12(16)7-9-4-3-5-10(14)6-9/h3-6,11H,2,7-8H2,1H3,(H,15,16). The molecular formula is C12H15BrClNO. The second-order valence-electron chi connectivity index (χ2n) is 3.63. The van der Waals surface area contributed by atoms with Gasteiger partial charge >= 0.3 is 0 Å². The van der Waals surface area contributed by atoms with Gasteiger partial charge in [-0.3, -0.25) is 4.79 Å². The molecule has 88 valence electrons. The van der Waals surface area contributed by atoms with Gasteiger partial charge in [-0.2, -0.15) is 0 Å². The largest absolute Gasteiger partial charge is 0.352 e. The molecule has 1 rings (SSSR count). The van der Waals surface area contributed by atoms with Crippen molar-refractivity contribution in [1.82, 2.24) is 5.32 Å². The number of nitrogens with one attached hydrogen (secondary N) is 1. The van der Waals surface area contributed by atoms with Crippen LogP contribution in [0, 0.1) is 0 Å². The Kier molecular flexibility index (Phi) is 5.85. The quantitative estimate of drug-likeness (QED) is 0.832. The number of hydrogen-bond acceptors (Lipinski definition) is 1. The van der Waals surface area contributed by atoms with E-state index in [4.69, 9.17) is 11.6 Å². The molecule has 0 fully saturated rings. The van der Waals surface area contributed by atoms with E-state index < -0.39 is 0 Å². The highest BCUT2D eigenvalue weighted by Gasteiger charge is 2.09. The van der Waals surface area contributed by atoms with Gasteiger partial charge in [0, 0.05) is 16.4 Å². The number of benzene rings is 1. The van der Waals surface area contributed by atoms with Crippen LogP contribution in [0.1, 0.15) is 18.9 Å². The number of rotatable bonds is 5. The molecule has 1 amide bonds. The zero-order valence-corrected chi connectivity index (χ0v) is 11.5. The highest BCUT2D eigenvalue weighted by atomic mass is 79.9. The molecule has 16 heavy (non-hydrogen) atoms. The van der Waals surface area contributed by atoms with Crippen molar-refractivity contribution in [1.29, 1.82) is 0 Å². The lowest BCUT2D eigenvalue weighted by molar-refractivity contribution is -0.121. The maximum Gasteiger partial charge on any atom is 0.224 e. The molecule has 0 aromatic heterocycles. The maximum atomic E-state index is 11.7. The second kappa shape index (κ2) is 6.92. The van der Waals surface area contributed by atoms with Crippen LogP contribution in [0.15, 0.2) is 24.3 Å². The van der Waals surface area contributed by atoms with Crippen molar-refractivity contribution in [2.45, 2.75) is 25.8 Å². The van der Waals surface area contributed by atoms with E-state index in [2.05, 4.69) is 21.2 Å². The molecule has 1 N–H and O–H groups in total. The van der Waals surface area contributed by atoms with E-state index >= 15 is 0 Å². The monoisotopic (exact) mass is 303 g/mol. The van der Waals surface area contributed by atoms with Crippen LogP contribution < -0.4 is 5.32 Å². The number of carbonyl (C=O) groups excluding carboxylic acids is 1. The summed E-state index contributed by atoms with van der Waals surface area (Å²) >= 11 is 9.22. The summed E-state index contributed by atoms with van der Waals surface area (Å²) in [5, 5.41) is 4.40. The molecule has 1 unspecified atom stereocenters. The Morgan fingerprint density at radius 2 is 2.31 bits per heavy atom. The number of alkyl halides is 1. The predicted molar refractivity (Wildman–Crippen MR) is 71.2 cm³/mol. The summed E-state index contributed by atoms with van der Waals surface area (Å²) in [6.45, 7) is 2.05. The third-order valence-electron chi connectivity index (χ3n) is 2.30. The third kappa shape index (κ3) is 4.54. The topological polar surface area (TPSA) is 29.1 Å². The Morgan fingerprint density at radius 3 is 2.88 bits per heavy atom. The molecule has 1 aromatic rings. The fourth-order valence-electron chi connectivity index (χ4n) is 1.36. The zero-order chi connectivity index (χ0) is 12.0. The average Bonchev–Trinajstić information content (AvgIpc) is 2.26. The Morgan fingerprint density at radius 1 is 1.56 bits per heavy atom. The molecule has 4 heteroatoms. The van der Waals surface area contributed by atoms with Crippen LogP contribution in [0.4, 0.5) is 0 Å². The summed E-state index contributed by atoms with van der Waals surface area (Å²) in [5.74, 6) is 0.0357. The van der Waals surface area contributed by atoms with Gasteiger partial charge in [0.25, 0.3) is 0 Å². The van der Waals surface area contributed by atoms with E-state index in [1.165, 1.54) is 0 Å². The molecular weight excluding hydrogens is 289 g/mol. The highest BCUT2D eigenvalue weighted by molar-refractivity contribution is 9.09. The lowest BCUT2D eigenvalue weighted by atomic mass is 10.1. The lowest BCUT2D eigenvalue weighted by Crippen LogP contribution is -2.36. The molecule has 0 radical (unpaired) electrons. The first-order valence-corrected chi connectivity index (χ1v) is 6.75. The minimum atomic E-state index is 0.0357. The van der Waals surface area contributed by atoms with Crippen molar-refractivity contribution in [3.63, 3.8) is 0 Å². The molecule has 1 aromatic carbocycles. The van der Waals surface area contributed by atoms with Crippen LogP contribution >= 0.6 is 27.5 Å². The predicted octanol–water partition coefficient (Wildman–Crippen LogP) is 3.17. The molecule has 2 nitrogen and oxygen atoms in total. The normalized spacial score (nSPS) is 12.2. The van der Waals surface area contributed by atoms with E-state index in [1.54, 1.807) is 6.07 Å². The third-order valence-corrected chi connectivity index (χ3v) is 3.31. The molecule has 1 atom stereocenters. The number of amides is 1. The van der Waals surface area contributed by atoms with E-state index in [0.717, 1.165) is 17.3 Å². The minimum Gasteiger partial charge on any atom is -0.352 e. The smallest absolute Gasteiger partial charge is 0.224 e. The lowest BCUT2D eigenvalue weighted by Gasteiger charge is -2.13. The van der Waals surface area contributed by atoms with Crippen LogP contribution in [-0.2, 0) is 11.2 Å². The molecule has 0 aliphatic rings. The van der Waals surface area contributed by atoms with Gasteiger partial charge in [0.1, 0.15) is 0 Å². The van der Waals surface area contributed by atoms with E-state index in [1.807, 2.05) is 25.1 Å². The Hall–Kier alpha value is -0.540. The SMILES string of the molecule is CCC(CBr)NC(=O)Cc1cccc(Cl)c1. The fraction of sp³-hybridized carbons (Fsp3) is 0.417. The molecule has 0 aliphatic heterocycles. The fourth-order valence-corrected chi connectivity index (χ4v) is 2.19. The number of hydrogen-bond donors (Lipinski definition) is 1. The highest BCUT2D eigenvalue weighted by Crippen LogP contribution is 2.11. The summed E-state index contributed by atoms with van der Waals surface area (Å²) in [4.78, 5) is 11.7. The molecule has 0 saturated carbocycles. The van der Waals surface area contributed by atoms with Crippen LogP contribution in [0.5, 0.6) is 0 Å². The van der Waals surface area contributed by atoms with Gasteiger partial charge in [0.2, 0.25) is 5.91 Å². The zero-order valence-electron chi connectivity index (χ0n) is 9.17. The Bertz CT molecular complexity index is 353. The van der Waals surface area contributed by atoms with E-state index in [0.29, 0.717) is 11.4 Å². The van der Waals surface area contributed by atoms with Crippen molar-refractivity contribution in [3.8, 4) is 0 Å². The van der Waals surface area contributed by atoms with Crippen LogP contribution in [0.25, 0.3) is 0 Å². The number of carbonyl (C=O) groups is 1. The van der Waals surface area contributed by atoms with Gasteiger partial charge in [0.05, 0.1) is 6.42 Å². The molecule has 0 spiro atoms. The maximum absolute atomic E-state index is 11.7. The van der Waals surface area contributed by atoms with Gasteiger partial charge in [0.15, 0.2) is 0 Å². The molecule has 0 aliphatic carbocycles. The summed E-state index contributed by atoms with van der Waals surface area (Å²) in [6.07, 6.45) is 1.30. The molecule has 0 saturated heterocycles. The van der Waals surface area contributed by atoms with Gasteiger partial charge in [-0.15, -0.1) is 0 Å². The molecule has 0 heterocycles. The molecule has 0 bridgehead atoms. The van der Waals surface area contributed by atoms with Crippen molar-refractivity contribution in [2.24, 2.45) is 0 Å². The first kappa shape index (κ1) is 13.5. The first-order valence-electron chi connectivity index (χ1n) is 5.25. The number of halogens is 2. The van der Waals surface area contributed by atoms with Gasteiger partial charge in [-0.25, -0.2) is 0 Å². The van der Waals surface area contributed by atoms with Gasteiger partial charge in [-0.1, -0.05) is 46.6 Å². The summed E-state index contributed by atoms with van der Waals surface area (Å²) in [7, 11) is 0. The summed E-state index contributed by atoms with van der Waals surface area (Å²) in [6, 6.07) is 7.58. The van der Waals surface area contributed by atoms with Crippen LogP contribution in [-0.4, -0.2) is 17.3 Å². The van der Waals surface area contributed by atoms with Crippen LogP contribution in [0.2, 0.25) is 5.02 Å². The summed E-state index contributed by atoms with van der Waals surface area (Å²) in [5.41, 5.74) is 0.939. The van der Waals surface area contributed by atoms with Crippen molar-refractivity contribution in [3.05, 3.63) is 34.9 Å². The Labute approximate surface area is 110 Å². The van der Waals surface area contributed by atoms with Crippen molar-refractivity contribution < 1.29 is 4.79 Å². The van der Waals surface area contributed by atoms with E-state index in [-0.39, 0.29) is 11.9 Å². The average molecular weight is 305 g/mol. The van der Waals surface area contributed by atoms with Gasteiger partial charge in [-0.05, 0) is 24.1 Å². The van der Waals surface area contributed by atoms with Crippen molar-refractivity contribution >= 4 is 33.4 Å². The Balaban J connectivity index is 2.51. The first-order chi connectivity index (χ1) is 7.65. The van der Waals surface area contributed by atoms with E-state index in [9.17, 15) is 4.79 Å². The van der Waals surface area contributed by atoms with Gasteiger partial charge < -0.3 is 5.32 Å². The summed E-state index contributed by atoms with van der Waals surface area (Å²) < 4.78 is 0. The van der Waals surface area contributed by atoms with Crippen molar-refractivity contribution in [2.75, 3.05) is 5.33 Å². The van der Waals surface area contributed by atoms with Crippen LogP contribution in [0.3, 0.4) is 0 Å². The second-order valence-corrected chi connectivity index (χ2v) is 4.72. The minimum absolute atomic E-state index is 0.0357.